The lowest BCUT2D eigenvalue weighted by Gasteiger charge is -2.35. The maximum atomic E-state index is 12.8. The Kier molecular flexibility index (Phi) is 4.88. The summed E-state index contributed by atoms with van der Waals surface area (Å²) >= 11 is 0. The summed E-state index contributed by atoms with van der Waals surface area (Å²) in [5, 5.41) is 32.6. The molecule has 0 aliphatic heterocycles. The fourth-order valence-corrected chi connectivity index (χ4v) is 4.06. The van der Waals surface area contributed by atoms with Crippen LogP contribution in [0.3, 0.4) is 0 Å². The van der Waals surface area contributed by atoms with Gasteiger partial charge < -0.3 is 20.6 Å². The predicted octanol–water partition coefficient (Wildman–Crippen LogP) is 1.30. The number of nitrogens with one attached hydrogen (secondary N) is 1. The molecule has 2 fully saturated rings. The number of hydrogen-bond acceptors (Lipinski definition) is 4. The third-order valence-corrected chi connectivity index (χ3v) is 6.02. The van der Waals surface area contributed by atoms with Crippen molar-refractivity contribution in [1.82, 2.24) is 5.32 Å². The minimum atomic E-state index is -1.32. The van der Waals surface area contributed by atoms with Crippen LogP contribution >= 0.6 is 0 Å². The van der Waals surface area contributed by atoms with Gasteiger partial charge in [-0.05, 0) is 68.4 Å². The molecule has 2 saturated carbocycles. The fraction of sp³-hybridized carbons (Fsp3) is 0.882. The Labute approximate surface area is 131 Å². The van der Waals surface area contributed by atoms with Crippen molar-refractivity contribution in [2.45, 2.75) is 69.3 Å². The van der Waals surface area contributed by atoms with Crippen LogP contribution in [-0.2, 0) is 0 Å². The molecular weight excluding hydrogens is 285 g/mol. The van der Waals surface area contributed by atoms with E-state index < -0.39 is 31.0 Å². The molecule has 5 heteroatoms. The van der Waals surface area contributed by atoms with Crippen LogP contribution in [0, 0.1) is 11.3 Å². The zero-order valence-corrected chi connectivity index (χ0v) is 13.0. The summed E-state index contributed by atoms with van der Waals surface area (Å²) < 4.78 is 12.8. The van der Waals surface area contributed by atoms with Crippen LogP contribution in [0.2, 0.25) is 0 Å². The summed E-state index contributed by atoms with van der Waals surface area (Å²) in [7, 11) is 0. The van der Waals surface area contributed by atoms with Crippen LogP contribution in [-0.4, -0.2) is 52.9 Å². The molecule has 0 saturated heterocycles. The van der Waals surface area contributed by atoms with Crippen LogP contribution in [0.15, 0.2) is 11.6 Å². The number of halogens is 1. The van der Waals surface area contributed by atoms with E-state index in [4.69, 9.17) is 0 Å². The smallest absolute Gasteiger partial charge is 0.113 e. The van der Waals surface area contributed by atoms with Gasteiger partial charge in [0.1, 0.15) is 25.0 Å². The van der Waals surface area contributed by atoms with Crippen LogP contribution in [0.1, 0.15) is 44.9 Å². The van der Waals surface area contributed by atoms with Crippen molar-refractivity contribution in [2.75, 3.05) is 13.2 Å². The van der Waals surface area contributed by atoms with Crippen LogP contribution < -0.4 is 5.32 Å². The molecule has 0 aromatic rings. The normalized spacial score (nSPS) is 38.1. The van der Waals surface area contributed by atoms with E-state index in [-0.39, 0.29) is 5.57 Å². The van der Waals surface area contributed by atoms with E-state index in [1.54, 1.807) is 0 Å². The van der Waals surface area contributed by atoms with E-state index in [1.807, 2.05) is 0 Å². The number of aliphatic hydroxyl groups excluding tert-OH is 3. The lowest BCUT2D eigenvalue weighted by Crippen LogP contribution is -2.54. The van der Waals surface area contributed by atoms with Crippen molar-refractivity contribution < 1.29 is 19.7 Å². The monoisotopic (exact) mass is 313 g/mol. The molecule has 0 bridgehead atoms. The maximum absolute atomic E-state index is 12.8. The summed E-state index contributed by atoms with van der Waals surface area (Å²) in [6, 6.07) is -0.484. The minimum absolute atomic E-state index is 0.156. The molecule has 4 atom stereocenters. The quantitative estimate of drug-likeness (QED) is 0.577. The van der Waals surface area contributed by atoms with Gasteiger partial charge in [-0.25, -0.2) is 4.39 Å². The zero-order valence-electron chi connectivity index (χ0n) is 13.0. The molecule has 22 heavy (non-hydrogen) atoms. The van der Waals surface area contributed by atoms with Gasteiger partial charge in [0.15, 0.2) is 0 Å². The Morgan fingerprint density at radius 3 is 2.36 bits per heavy atom. The maximum Gasteiger partial charge on any atom is 0.113 e. The van der Waals surface area contributed by atoms with Gasteiger partial charge >= 0.3 is 0 Å². The molecule has 0 unspecified atom stereocenters. The van der Waals surface area contributed by atoms with Crippen molar-refractivity contribution in [2.24, 2.45) is 11.3 Å². The molecule has 0 amide bonds. The van der Waals surface area contributed by atoms with Crippen molar-refractivity contribution in [1.29, 1.82) is 0 Å². The van der Waals surface area contributed by atoms with E-state index >= 15 is 0 Å². The molecule has 0 heterocycles. The molecule has 126 valence electrons. The van der Waals surface area contributed by atoms with E-state index in [2.05, 4.69) is 5.32 Å². The summed E-state index contributed by atoms with van der Waals surface area (Å²) in [5.74, 6) is 0.736. The van der Waals surface area contributed by atoms with E-state index in [1.165, 1.54) is 44.6 Å². The van der Waals surface area contributed by atoms with Gasteiger partial charge in [0.25, 0.3) is 0 Å². The molecule has 4 N–H and O–H groups in total. The fourth-order valence-electron chi connectivity index (χ4n) is 4.06. The number of alkyl halides is 1. The molecule has 0 aromatic heterocycles. The first-order valence-electron chi connectivity index (χ1n) is 8.59. The lowest BCUT2D eigenvalue weighted by molar-refractivity contribution is -0.0629. The topological polar surface area (TPSA) is 72.7 Å². The van der Waals surface area contributed by atoms with Crippen molar-refractivity contribution in [3.05, 3.63) is 11.6 Å². The van der Waals surface area contributed by atoms with Gasteiger partial charge in [-0.2, -0.15) is 0 Å². The highest BCUT2D eigenvalue weighted by molar-refractivity contribution is 5.21. The highest BCUT2D eigenvalue weighted by atomic mass is 19.1. The standard InChI is InChI=1S/C17H28FNO3/c18-10-12-9-13(15(21)16(22)14(12)20)19-8-3-11-1-4-17(5-2-11)6-7-17/h9,11,13-16,19-22H,1-8,10H2/t13-,14+,15+,16+/m1/s1. The number of hydrogen-bond donors (Lipinski definition) is 4. The predicted molar refractivity (Wildman–Crippen MR) is 82.1 cm³/mol. The first kappa shape index (κ1) is 16.4. The summed E-state index contributed by atoms with van der Waals surface area (Å²) in [5.41, 5.74) is 0.867. The van der Waals surface area contributed by atoms with Crippen LogP contribution in [0.5, 0.6) is 0 Å². The van der Waals surface area contributed by atoms with Crippen molar-refractivity contribution in [3.63, 3.8) is 0 Å². The molecule has 3 rings (SSSR count). The lowest BCUT2D eigenvalue weighted by atomic mass is 9.78. The Morgan fingerprint density at radius 2 is 1.77 bits per heavy atom. The zero-order chi connectivity index (χ0) is 15.7. The average molecular weight is 313 g/mol. The van der Waals surface area contributed by atoms with Crippen molar-refractivity contribution >= 4 is 0 Å². The molecule has 4 nitrogen and oxygen atoms in total. The number of aliphatic hydroxyl groups is 3. The molecule has 1 spiro atoms. The van der Waals surface area contributed by atoms with Crippen LogP contribution in [0.4, 0.5) is 4.39 Å². The molecule has 3 aliphatic rings. The Balaban J connectivity index is 1.45. The van der Waals surface area contributed by atoms with Gasteiger partial charge in [-0.1, -0.05) is 6.08 Å². The van der Waals surface area contributed by atoms with Crippen LogP contribution in [0.25, 0.3) is 0 Å². The second kappa shape index (κ2) is 6.56. The van der Waals surface area contributed by atoms with E-state index in [0.29, 0.717) is 5.41 Å². The highest BCUT2D eigenvalue weighted by Crippen LogP contribution is 2.57. The second-order valence-corrected chi connectivity index (χ2v) is 7.51. The van der Waals surface area contributed by atoms with Gasteiger partial charge in [0, 0.05) is 0 Å². The Morgan fingerprint density at radius 1 is 1.09 bits per heavy atom. The minimum Gasteiger partial charge on any atom is -0.388 e. The van der Waals surface area contributed by atoms with Gasteiger partial charge in [-0.15, -0.1) is 0 Å². The molecule has 3 aliphatic carbocycles. The SMILES string of the molecule is O[C@@H]1[C@@H](O)[C@@H](O)C(CF)=C[C@H]1NCCC1CCC2(CC1)CC2. The van der Waals surface area contributed by atoms with Gasteiger partial charge in [0.05, 0.1) is 6.04 Å². The third kappa shape index (κ3) is 3.37. The molecule has 0 aromatic carbocycles. The summed E-state index contributed by atoms with van der Waals surface area (Å²) in [6.45, 7) is -0.0495. The van der Waals surface area contributed by atoms with E-state index in [0.717, 1.165) is 18.9 Å². The number of rotatable bonds is 5. The summed E-state index contributed by atoms with van der Waals surface area (Å²) in [6.07, 6.45) is 7.02. The largest absolute Gasteiger partial charge is 0.388 e. The Hall–Kier alpha value is -0.490. The first-order chi connectivity index (χ1) is 10.5. The second-order valence-electron chi connectivity index (χ2n) is 7.51. The molecule has 0 radical (unpaired) electrons. The van der Waals surface area contributed by atoms with Gasteiger partial charge in [-0.3, -0.25) is 0 Å². The third-order valence-electron chi connectivity index (χ3n) is 6.02. The average Bonchev–Trinajstić information content (AvgIpc) is 3.29. The molecular formula is C17H28FNO3. The summed E-state index contributed by atoms with van der Waals surface area (Å²) in [4.78, 5) is 0. The highest BCUT2D eigenvalue weighted by Gasteiger charge is 2.44. The van der Waals surface area contributed by atoms with Gasteiger partial charge in [0.2, 0.25) is 0 Å². The first-order valence-corrected chi connectivity index (χ1v) is 8.59. The van der Waals surface area contributed by atoms with E-state index in [9.17, 15) is 19.7 Å². The van der Waals surface area contributed by atoms with Crippen molar-refractivity contribution in [3.8, 4) is 0 Å². The Bertz CT molecular complexity index is 414.